The van der Waals surface area contributed by atoms with Crippen LogP contribution in [0.25, 0.3) is 11.1 Å². The van der Waals surface area contributed by atoms with Crippen LogP contribution >= 0.6 is 0 Å². The minimum absolute atomic E-state index is 0.235. The van der Waals surface area contributed by atoms with Crippen molar-refractivity contribution < 1.29 is 14.0 Å². The Morgan fingerprint density at radius 2 is 1.80 bits per heavy atom. The zero-order valence-electron chi connectivity index (χ0n) is 17.8. The summed E-state index contributed by atoms with van der Waals surface area (Å²) >= 11 is 0. The van der Waals surface area contributed by atoms with Crippen molar-refractivity contribution in [1.29, 1.82) is 0 Å². The van der Waals surface area contributed by atoms with E-state index in [2.05, 4.69) is 20.9 Å². The highest BCUT2D eigenvalue weighted by Gasteiger charge is 2.22. The number of urea groups is 1. The molecule has 158 valence electrons. The van der Waals surface area contributed by atoms with Gasteiger partial charge in [0.25, 0.3) is 0 Å². The van der Waals surface area contributed by atoms with Crippen molar-refractivity contribution >= 4 is 28.7 Å². The summed E-state index contributed by atoms with van der Waals surface area (Å²) < 4.78 is 5.46. The monoisotopic (exact) mass is 408 g/mol. The van der Waals surface area contributed by atoms with Crippen LogP contribution in [0.15, 0.2) is 46.9 Å². The number of aryl methyl sites for hydroxylation is 2. The van der Waals surface area contributed by atoms with Gasteiger partial charge in [0.05, 0.1) is 0 Å². The first-order valence-corrected chi connectivity index (χ1v) is 10.1. The molecule has 7 heteroatoms. The van der Waals surface area contributed by atoms with Gasteiger partial charge in [0.2, 0.25) is 5.91 Å². The molecule has 0 bridgehead atoms. The Labute approximate surface area is 176 Å². The van der Waals surface area contributed by atoms with Crippen LogP contribution in [0, 0.1) is 19.8 Å². The number of hydrogen-bond donors (Lipinski definition) is 3. The molecule has 3 amide bonds. The maximum atomic E-state index is 12.8. The Balaban J connectivity index is 1.62. The lowest BCUT2D eigenvalue weighted by Crippen LogP contribution is -2.48. The fourth-order valence-electron chi connectivity index (χ4n) is 3.15. The number of carbonyl (C=O) groups excluding carboxylic acids is 2. The summed E-state index contributed by atoms with van der Waals surface area (Å²) in [5, 5.41) is 8.48. The highest BCUT2D eigenvalue weighted by atomic mass is 16.3. The Kier molecular flexibility index (Phi) is 6.72. The quantitative estimate of drug-likeness (QED) is 0.543. The Morgan fingerprint density at radius 1 is 1.07 bits per heavy atom. The largest absolute Gasteiger partial charge is 0.441 e. The molecule has 0 fully saturated rings. The molecular formula is C23H28N4O3. The molecule has 1 unspecified atom stereocenters. The number of hydrogen-bond acceptors (Lipinski definition) is 4. The smallest absolute Gasteiger partial charge is 0.315 e. The molecular weight excluding hydrogens is 380 g/mol. The van der Waals surface area contributed by atoms with Gasteiger partial charge in [-0.1, -0.05) is 43.7 Å². The predicted octanol–water partition coefficient (Wildman–Crippen LogP) is 4.30. The third-order valence-electron chi connectivity index (χ3n) is 4.66. The summed E-state index contributed by atoms with van der Waals surface area (Å²) in [4.78, 5) is 29.5. The van der Waals surface area contributed by atoms with Gasteiger partial charge in [-0.25, -0.2) is 9.78 Å². The Morgan fingerprint density at radius 3 is 2.50 bits per heavy atom. The Bertz CT molecular complexity index is 1020. The molecule has 0 spiro atoms. The number of carbonyl (C=O) groups is 2. The van der Waals surface area contributed by atoms with Gasteiger partial charge in [-0.15, -0.1) is 0 Å². The van der Waals surface area contributed by atoms with Gasteiger partial charge in [0.15, 0.2) is 11.5 Å². The van der Waals surface area contributed by atoms with Gasteiger partial charge in [0, 0.05) is 19.2 Å². The topological polar surface area (TPSA) is 96.3 Å². The molecule has 0 aliphatic rings. The molecule has 7 nitrogen and oxygen atoms in total. The van der Waals surface area contributed by atoms with Crippen LogP contribution in [0.1, 0.15) is 37.3 Å². The van der Waals surface area contributed by atoms with Crippen LogP contribution in [-0.4, -0.2) is 23.0 Å². The summed E-state index contributed by atoms with van der Waals surface area (Å²) in [6.45, 7) is 8.20. The standard InChI is InChI=1S/C23H28N4O3/c1-14(2)11-20(27-23(29)24-13-17-7-5-15(3)6-8-17)22(28)26-18-9-10-21-19(12-18)25-16(4)30-21/h5-10,12,14,20H,11,13H2,1-4H3,(H,26,28)(H2,24,27,29). The molecule has 1 atom stereocenters. The molecule has 3 N–H and O–H groups in total. The summed E-state index contributed by atoms with van der Waals surface area (Å²) in [6, 6.07) is 12.2. The first kappa shape index (κ1) is 21.4. The zero-order valence-corrected chi connectivity index (χ0v) is 17.8. The number of rotatable bonds is 7. The molecule has 0 radical (unpaired) electrons. The highest BCUT2D eigenvalue weighted by Crippen LogP contribution is 2.20. The fourth-order valence-corrected chi connectivity index (χ4v) is 3.15. The number of benzene rings is 2. The third kappa shape index (κ3) is 5.83. The van der Waals surface area contributed by atoms with E-state index in [-0.39, 0.29) is 17.9 Å². The lowest BCUT2D eigenvalue weighted by Gasteiger charge is -2.20. The fraction of sp³-hybridized carbons (Fsp3) is 0.348. The van der Waals surface area contributed by atoms with E-state index in [1.807, 2.05) is 45.0 Å². The minimum atomic E-state index is -0.655. The number of fused-ring (bicyclic) bond motifs is 1. The molecule has 0 aliphatic carbocycles. The van der Waals surface area contributed by atoms with Gasteiger partial charge < -0.3 is 20.4 Å². The minimum Gasteiger partial charge on any atom is -0.441 e. The van der Waals surface area contributed by atoms with Gasteiger partial charge in [-0.2, -0.15) is 0 Å². The highest BCUT2D eigenvalue weighted by molar-refractivity contribution is 5.98. The average Bonchev–Trinajstić information content (AvgIpc) is 3.06. The van der Waals surface area contributed by atoms with E-state index in [1.54, 1.807) is 25.1 Å². The SMILES string of the molecule is Cc1ccc(CNC(=O)NC(CC(C)C)C(=O)Nc2ccc3oc(C)nc3c2)cc1. The van der Waals surface area contributed by atoms with Crippen LogP contribution in [0.5, 0.6) is 0 Å². The number of oxazole rings is 1. The van der Waals surface area contributed by atoms with Crippen molar-refractivity contribution in [3.05, 3.63) is 59.5 Å². The van der Waals surface area contributed by atoms with Gasteiger partial charge >= 0.3 is 6.03 Å². The number of nitrogens with one attached hydrogen (secondary N) is 3. The molecule has 0 aliphatic heterocycles. The van der Waals surface area contributed by atoms with Gasteiger partial charge in [0.1, 0.15) is 11.6 Å². The van der Waals surface area contributed by atoms with E-state index in [9.17, 15) is 9.59 Å². The molecule has 3 rings (SSSR count). The molecule has 0 saturated carbocycles. The third-order valence-corrected chi connectivity index (χ3v) is 4.66. The summed E-state index contributed by atoms with van der Waals surface area (Å²) in [6.07, 6.45) is 0.523. The first-order valence-electron chi connectivity index (χ1n) is 10.1. The number of amides is 3. The predicted molar refractivity (Wildman–Crippen MR) is 117 cm³/mol. The van der Waals surface area contributed by atoms with Crippen LogP contribution in [-0.2, 0) is 11.3 Å². The summed E-state index contributed by atoms with van der Waals surface area (Å²) in [5.74, 6) is 0.533. The van der Waals surface area contributed by atoms with E-state index >= 15 is 0 Å². The molecule has 2 aromatic carbocycles. The second-order valence-corrected chi connectivity index (χ2v) is 7.90. The van der Waals surface area contributed by atoms with Gasteiger partial charge in [-0.3, -0.25) is 4.79 Å². The van der Waals surface area contributed by atoms with Crippen molar-refractivity contribution in [2.24, 2.45) is 5.92 Å². The second-order valence-electron chi connectivity index (χ2n) is 7.90. The van der Waals surface area contributed by atoms with E-state index in [4.69, 9.17) is 4.42 Å². The van der Waals surface area contributed by atoms with E-state index in [1.165, 1.54) is 0 Å². The second kappa shape index (κ2) is 9.43. The Hall–Kier alpha value is -3.35. The van der Waals surface area contributed by atoms with Crippen LogP contribution in [0.4, 0.5) is 10.5 Å². The van der Waals surface area contributed by atoms with Gasteiger partial charge in [-0.05, 0) is 43.0 Å². The van der Waals surface area contributed by atoms with Crippen molar-refractivity contribution in [1.82, 2.24) is 15.6 Å². The molecule has 1 heterocycles. The van der Waals surface area contributed by atoms with Crippen LogP contribution in [0.2, 0.25) is 0 Å². The molecule has 3 aromatic rings. The van der Waals surface area contributed by atoms with Crippen molar-refractivity contribution in [3.8, 4) is 0 Å². The first-order chi connectivity index (χ1) is 14.3. The number of nitrogens with zero attached hydrogens (tertiary/aromatic N) is 1. The normalized spacial score (nSPS) is 12.0. The summed E-state index contributed by atoms with van der Waals surface area (Å²) in [5.41, 5.74) is 4.11. The molecule has 1 aromatic heterocycles. The number of aromatic nitrogens is 1. The van der Waals surface area contributed by atoms with Crippen LogP contribution < -0.4 is 16.0 Å². The van der Waals surface area contributed by atoms with E-state index < -0.39 is 6.04 Å². The van der Waals surface area contributed by atoms with Crippen molar-refractivity contribution in [2.45, 2.75) is 46.7 Å². The van der Waals surface area contributed by atoms with Crippen molar-refractivity contribution in [3.63, 3.8) is 0 Å². The van der Waals surface area contributed by atoms with E-state index in [0.717, 1.165) is 11.1 Å². The number of anilines is 1. The van der Waals surface area contributed by atoms with E-state index in [0.29, 0.717) is 35.6 Å². The van der Waals surface area contributed by atoms with Crippen molar-refractivity contribution in [2.75, 3.05) is 5.32 Å². The average molecular weight is 409 g/mol. The lowest BCUT2D eigenvalue weighted by atomic mass is 10.0. The van der Waals surface area contributed by atoms with Crippen LogP contribution in [0.3, 0.4) is 0 Å². The summed E-state index contributed by atoms with van der Waals surface area (Å²) in [7, 11) is 0. The lowest BCUT2D eigenvalue weighted by molar-refractivity contribution is -0.118. The maximum absolute atomic E-state index is 12.8. The molecule has 30 heavy (non-hydrogen) atoms. The molecule has 0 saturated heterocycles. The zero-order chi connectivity index (χ0) is 21.7. The maximum Gasteiger partial charge on any atom is 0.315 e.